The largest absolute Gasteiger partial charge is 0.507 e. The van der Waals surface area contributed by atoms with Crippen LogP contribution in [0.2, 0.25) is 0 Å². The predicted molar refractivity (Wildman–Crippen MR) is 115 cm³/mol. The molecule has 3 aromatic carbocycles. The quantitative estimate of drug-likeness (QED) is 0.479. The number of aromatic hydroxyl groups is 1. The molecule has 3 rings (SSSR count). The van der Waals surface area contributed by atoms with E-state index in [0.717, 1.165) is 11.3 Å². The molecule has 0 aliphatic heterocycles. The Balaban J connectivity index is 1.68. The normalized spacial score (nSPS) is 10.9. The molecule has 0 bridgehead atoms. The number of carboxylic acid groups (broad SMARTS) is 1. The van der Waals surface area contributed by atoms with Crippen LogP contribution in [0.4, 0.5) is 0 Å². The monoisotopic (exact) mass is 419 g/mol. The first-order valence-corrected chi connectivity index (χ1v) is 9.36. The lowest BCUT2D eigenvalue weighted by molar-refractivity contribution is -0.132. The van der Waals surface area contributed by atoms with Gasteiger partial charge in [-0.2, -0.15) is 0 Å². The van der Waals surface area contributed by atoms with Crippen molar-refractivity contribution in [2.75, 3.05) is 7.11 Å². The molecule has 0 aliphatic carbocycles. The number of hydrogen-bond donors (Lipinski definition) is 3. The lowest BCUT2D eigenvalue weighted by Gasteiger charge is -2.09. The van der Waals surface area contributed by atoms with Gasteiger partial charge in [0.25, 0.3) is 5.91 Å². The Bertz CT molecular complexity index is 1110. The predicted octanol–water partition coefficient (Wildman–Crippen LogP) is 3.84. The van der Waals surface area contributed by atoms with Crippen LogP contribution in [0.5, 0.6) is 17.2 Å². The van der Waals surface area contributed by atoms with E-state index in [4.69, 9.17) is 9.47 Å². The van der Waals surface area contributed by atoms with Crippen molar-refractivity contribution in [3.8, 4) is 17.2 Å². The minimum atomic E-state index is -1.30. The Morgan fingerprint density at radius 2 is 1.71 bits per heavy atom. The van der Waals surface area contributed by atoms with E-state index in [9.17, 15) is 19.8 Å². The van der Waals surface area contributed by atoms with Gasteiger partial charge >= 0.3 is 5.97 Å². The van der Waals surface area contributed by atoms with Gasteiger partial charge in [0.15, 0.2) is 0 Å². The summed E-state index contributed by atoms with van der Waals surface area (Å²) in [6.45, 7) is 0.351. The molecule has 3 N–H and O–H groups in total. The second-order valence-electron chi connectivity index (χ2n) is 6.54. The molecule has 0 spiro atoms. The van der Waals surface area contributed by atoms with Gasteiger partial charge in [-0.15, -0.1) is 0 Å². The fourth-order valence-electron chi connectivity index (χ4n) is 2.76. The minimum Gasteiger partial charge on any atom is -0.507 e. The van der Waals surface area contributed by atoms with Gasteiger partial charge in [-0.3, -0.25) is 4.79 Å². The molecule has 31 heavy (non-hydrogen) atoms. The molecular formula is C24H21NO6. The van der Waals surface area contributed by atoms with E-state index >= 15 is 0 Å². The first-order valence-electron chi connectivity index (χ1n) is 9.36. The third kappa shape index (κ3) is 5.86. The molecule has 7 heteroatoms. The van der Waals surface area contributed by atoms with E-state index in [1.807, 2.05) is 24.3 Å². The van der Waals surface area contributed by atoms with Crippen molar-refractivity contribution in [1.29, 1.82) is 0 Å². The highest BCUT2D eigenvalue weighted by Crippen LogP contribution is 2.19. The number of methoxy groups -OCH3 is 1. The number of aliphatic carboxylic acids is 1. The zero-order chi connectivity index (χ0) is 22.2. The molecule has 0 atom stereocenters. The van der Waals surface area contributed by atoms with E-state index in [2.05, 4.69) is 5.32 Å². The number of nitrogens with one attached hydrogen (secondary N) is 1. The number of rotatable bonds is 8. The second-order valence-corrected chi connectivity index (χ2v) is 6.54. The summed E-state index contributed by atoms with van der Waals surface area (Å²) in [4.78, 5) is 23.8. The molecule has 0 radical (unpaired) electrons. The van der Waals surface area contributed by atoms with Gasteiger partial charge < -0.3 is 25.0 Å². The molecule has 0 heterocycles. The number of carboxylic acids is 1. The average molecular weight is 419 g/mol. The molecule has 0 saturated carbocycles. The van der Waals surface area contributed by atoms with Crippen LogP contribution in [0.3, 0.4) is 0 Å². The number of hydrogen-bond acceptors (Lipinski definition) is 5. The van der Waals surface area contributed by atoms with Crippen LogP contribution < -0.4 is 14.8 Å². The maximum atomic E-state index is 12.3. The van der Waals surface area contributed by atoms with Gasteiger partial charge in [-0.1, -0.05) is 36.4 Å². The van der Waals surface area contributed by atoms with Gasteiger partial charge in [0, 0.05) is 0 Å². The number of benzene rings is 3. The van der Waals surface area contributed by atoms with Crippen LogP contribution in [0.25, 0.3) is 6.08 Å². The van der Waals surface area contributed by atoms with E-state index in [1.165, 1.54) is 18.2 Å². The summed E-state index contributed by atoms with van der Waals surface area (Å²) in [6.07, 6.45) is 1.33. The molecule has 0 aromatic heterocycles. The topological polar surface area (TPSA) is 105 Å². The Hall–Kier alpha value is -4.26. The van der Waals surface area contributed by atoms with E-state index < -0.39 is 11.9 Å². The van der Waals surface area contributed by atoms with Crippen LogP contribution in [0, 0.1) is 0 Å². The lowest BCUT2D eigenvalue weighted by Crippen LogP contribution is -2.27. The van der Waals surface area contributed by atoms with E-state index in [-0.39, 0.29) is 17.0 Å². The third-order valence-corrected chi connectivity index (χ3v) is 4.36. The first kappa shape index (κ1) is 21.4. The first-order chi connectivity index (χ1) is 15.0. The van der Waals surface area contributed by atoms with Crippen molar-refractivity contribution in [3.63, 3.8) is 0 Å². The fraction of sp³-hybridized carbons (Fsp3) is 0.0833. The van der Waals surface area contributed by atoms with Gasteiger partial charge in [0.05, 0.1) is 12.7 Å². The number of para-hydroxylation sites is 1. The summed E-state index contributed by atoms with van der Waals surface area (Å²) in [6, 6.07) is 20.2. The lowest BCUT2D eigenvalue weighted by atomic mass is 10.1. The highest BCUT2D eigenvalue weighted by Gasteiger charge is 2.16. The summed E-state index contributed by atoms with van der Waals surface area (Å²) in [5.41, 5.74) is 1.17. The van der Waals surface area contributed by atoms with Crippen LogP contribution in [0.15, 0.2) is 78.5 Å². The summed E-state index contributed by atoms with van der Waals surface area (Å²) in [5, 5.41) is 21.5. The summed E-state index contributed by atoms with van der Waals surface area (Å²) in [7, 11) is 1.60. The minimum absolute atomic E-state index is 0.0176. The Labute approximate surface area is 179 Å². The number of amides is 1. The van der Waals surface area contributed by atoms with Crippen LogP contribution >= 0.6 is 0 Å². The smallest absolute Gasteiger partial charge is 0.352 e. The number of carbonyl (C=O) groups excluding carboxylic acids is 1. The molecule has 0 unspecified atom stereocenters. The molecule has 0 saturated heterocycles. The van der Waals surface area contributed by atoms with Crippen LogP contribution in [0.1, 0.15) is 21.5 Å². The highest BCUT2D eigenvalue weighted by molar-refractivity contribution is 6.04. The number of phenolic OH excluding ortho intramolecular Hbond substituents is 1. The number of ether oxygens (including phenoxy) is 2. The van der Waals surface area contributed by atoms with Crippen molar-refractivity contribution in [3.05, 3.63) is 95.2 Å². The molecule has 3 aromatic rings. The standard InChI is InChI=1S/C24H21NO6/c1-30-19-6-4-5-17(13-19)15-31-18-11-9-16(10-12-18)14-21(24(28)29)25-23(27)20-7-2-3-8-22(20)26/h2-14,26H,15H2,1H3,(H,25,27)(H,28,29)/b21-14+. The van der Waals surface area contributed by atoms with Gasteiger partial charge in [-0.25, -0.2) is 4.79 Å². The van der Waals surface area contributed by atoms with Crippen molar-refractivity contribution >= 4 is 18.0 Å². The van der Waals surface area contributed by atoms with Crippen molar-refractivity contribution in [1.82, 2.24) is 5.32 Å². The molecule has 0 fully saturated rings. The third-order valence-electron chi connectivity index (χ3n) is 4.36. The average Bonchev–Trinajstić information content (AvgIpc) is 2.78. The van der Waals surface area contributed by atoms with Crippen molar-refractivity contribution < 1.29 is 29.3 Å². The van der Waals surface area contributed by atoms with E-state index in [1.54, 1.807) is 43.5 Å². The molecule has 1 amide bonds. The molecule has 7 nitrogen and oxygen atoms in total. The SMILES string of the molecule is COc1cccc(COc2ccc(/C=C(/NC(=O)c3ccccc3O)C(=O)O)cc2)c1. The van der Waals surface area contributed by atoms with Gasteiger partial charge in [0.1, 0.15) is 29.6 Å². The van der Waals surface area contributed by atoms with Crippen molar-refractivity contribution in [2.24, 2.45) is 0 Å². The summed E-state index contributed by atoms with van der Waals surface area (Å²) < 4.78 is 10.9. The molecular weight excluding hydrogens is 398 g/mol. The summed E-state index contributed by atoms with van der Waals surface area (Å²) in [5.74, 6) is -0.905. The maximum Gasteiger partial charge on any atom is 0.352 e. The number of phenols is 1. The Kier molecular flexibility index (Phi) is 6.90. The van der Waals surface area contributed by atoms with Crippen molar-refractivity contribution in [2.45, 2.75) is 6.61 Å². The highest BCUT2D eigenvalue weighted by atomic mass is 16.5. The van der Waals surface area contributed by atoms with Gasteiger partial charge in [-0.05, 0) is 53.6 Å². The Morgan fingerprint density at radius 1 is 0.968 bits per heavy atom. The zero-order valence-corrected chi connectivity index (χ0v) is 16.7. The zero-order valence-electron chi connectivity index (χ0n) is 16.7. The molecule has 158 valence electrons. The number of carbonyl (C=O) groups is 2. The molecule has 0 aliphatic rings. The van der Waals surface area contributed by atoms with E-state index in [0.29, 0.717) is 17.9 Å². The Morgan fingerprint density at radius 3 is 2.39 bits per heavy atom. The van der Waals surface area contributed by atoms with Gasteiger partial charge in [0.2, 0.25) is 0 Å². The maximum absolute atomic E-state index is 12.3. The van der Waals surface area contributed by atoms with Crippen LogP contribution in [-0.2, 0) is 11.4 Å². The fourth-order valence-corrected chi connectivity index (χ4v) is 2.76. The van der Waals surface area contributed by atoms with Crippen LogP contribution in [-0.4, -0.2) is 29.2 Å². The summed E-state index contributed by atoms with van der Waals surface area (Å²) >= 11 is 0. The second kappa shape index (κ2) is 9.98.